The van der Waals surface area contributed by atoms with Crippen LogP contribution in [-0.4, -0.2) is 17.9 Å². The van der Waals surface area contributed by atoms with E-state index in [9.17, 15) is 9.59 Å². The van der Waals surface area contributed by atoms with E-state index in [1.807, 2.05) is 19.1 Å². The fraction of sp³-hybridized carbons (Fsp3) is 0.529. The maximum Gasteiger partial charge on any atom is 0.240 e. The number of anilines is 1. The third-order valence-electron chi connectivity index (χ3n) is 4.74. The van der Waals surface area contributed by atoms with E-state index in [0.717, 1.165) is 31.2 Å². The molecule has 118 valence electrons. The molecular weight excluding hydrogens is 300 g/mol. The Labute approximate surface area is 135 Å². The second-order valence-corrected chi connectivity index (χ2v) is 6.86. The molecule has 1 aromatic carbocycles. The topological polar surface area (TPSA) is 58.2 Å². The van der Waals surface area contributed by atoms with E-state index < -0.39 is 5.41 Å². The van der Waals surface area contributed by atoms with Gasteiger partial charge in [-0.3, -0.25) is 9.59 Å². The molecule has 0 bridgehead atoms. The third-order valence-corrected chi connectivity index (χ3v) is 5.15. The van der Waals surface area contributed by atoms with Crippen LogP contribution in [0, 0.1) is 12.3 Å². The van der Waals surface area contributed by atoms with Gasteiger partial charge < -0.3 is 10.6 Å². The zero-order chi connectivity index (χ0) is 15.7. The van der Waals surface area contributed by atoms with Gasteiger partial charge in [-0.05, 0) is 50.3 Å². The van der Waals surface area contributed by atoms with Crippen molar-refractivity contribution in [1.29, 1.82) is 0 Å². The van der Waals surface area contributed by atoms with Gasteiger partial charge >= 0.3 is 0 Å². The molecule has 2 amide bonds. The summed E-state index contributed by atoms with van der Waals surface area (Å²) in [7, 11) is 0. The van der Waals surface area contributed by atoms with Crippen LogP contribution >= 0.6 is 11.6 Å². The van der Waals surface area contributed by atoms with Gasteiger partial charge in [0.1, 0.15) is 5.41 Å². The normalized spacial score (nSPS) is 19.7. The number of carbonyl (C=O) groups excluding carboxylic acids is 2. The molecule has 2 fully saturated rings. The van der Waals surface area contributed by atoms with Gasteiger partial charge in [-0.1, -0.05) is 30.5 Å². The average molecular weight is 321 g/mol. The number of nitrogens with one attached hydrogen (secondary N) is 2. The summed E-state index contributed by atoms with van der Waals surface area (Å²) < 4.78 is 0. The highest BCUT2D eigenvalue weighted by molar-refractivity contribution is 6.31. The number of carbonyl (C=O) groups is 2. The molecule has 1 aromatic rings. The molecule has 0 heterocycles. The van der Waals surface area contributed by atoms with Crippen molar-refractivity contribution in [3.05, 3.63) is 28.8 Å². The number of hydrogen-bond donors (Lipinski definition) is 2. The molecule has 0 spiro atoms. The van der Waals surface area contributed by atoms with Gasteiger partial charge in [0.15, 0.2) is 0 Å². The summed E-state index contributed by atoms with van der Waals surface area (Å²) in [5.41, 5.74) is 0.722. The Morgan fingerprint density at radius 2 is 1.86 bits per heavy atom. The summed E-state index contributed by atoms with van der Waals surface area (Å²) in [6, 6.07) is 5.63. The molecule has 2 aliphatic carbocycles. The largest absolute Gasteiger partial charge is 0.352 e. The first-order chi connectivity index (χ1) is 10.5. The second-order valence-electron chi connectivity index (χ2n) is 6.46. The van der Waals surface area contributed by atoms with Crippen LogP contribution in [0.3, 0.4) is 0 Å². The minimum Gasteiger partial charge on any atom is -0.352 e. The summed E-state index contributed by atoms with van der Waals surface area (Å²) in [6.07, 6.45) is 5.61. The number of halogens is 1. The summed E-state index contributed by atoms with van der Waals surface area (Å²) in [5, 5.41) is 6.49. The molecule has 2 saturated carbocycles. The minimum atomic E-state index is -0.875. The molecule has 5 heteroatoms. The maximum absolute atomic E-state index is 12.5. The van der Waals surface area contributed by atoms with Crippen LogP contribution in [0.4, 0.5) is 5.69 Å². The van der Waals surface area contributed by atoms with Crippen LogP contribution in [0.5, 0.6) is 0 Å². The Morgan fingerprint density at radius 3 is 2.45 bits per heavy atom. The summed E-state index contributed by atoms with van der Waals surface area (Å²) in [6.45, 7) is 1.91. The van der Waals surface area contributed by atoms with Crippen LogP contribution in [0.1, 0.15) is 44.1 Å². The van der Waals surface area contributed by atoms with E-state index in [-0.39, 0.29) is 17.9 Å². The first kappa shape index (κ1) is 15.3. The van der Waals surface area contributed by atoms with Crippen molar-refractivity contribution in [3.8, 4) is 0 Å². The SMILES string of the molecule is Cc1ccc(NC(=O)C2(C(=O)NC3CCCC3)CC2)cc1Cl. The highest BCUT2D eigenvalue weighted by atomic mass is 35.5. The lowest BCUT2D eigenvalue weighted by molar-refractivity contribution is -0.134. The van der Waals surface area contributed by atoms with Crippen molar-refractivity contribution >= 4 is 29.1 Å². The molecule has 0 aliphatic heterocycles. The molecule has 4 nitrogen and oxygen atoms in total. The molecule has 3 rings (SSSR count). The smallest absolute Gasteiger partial charge is 0.240 e. The van der Waals surface area contributed by atoms with Crippen LogP contribution in [0.15, 0.2) is 18.2 Å². The van der Waals surface area contributed by atoms with Gasteiger partial charge in [0.2, 0.25) is 11.8 Å². The lowest BCUT2D eigenvalue weighted by atomic mass is 10.0. The fourth-order valence-corrected chi connectivity index (χ4v) is 3.18. The van der Waals surface area contributed by atoms with Crippen molar-refractivity contribution in [1.82, 2.24) is 5.32 Å². The van der Waals surface area contributed by atoms with E-state index in [1.54, 1.807) is 6.07 Å². The van der Waals surface area contributed by atoms with Crippen molar-refractivity contribution in [2.75, 3.05) is 5.32 Å². The summed E-state index contributed by atoms with van der Waals surface area (Å²) in [4.78, 5) is 24.9. The van der Waals surface area contributed by atoms with Gasteiger partial charge in [-0.25, -0.2) is 0 Å². The molecular formula is C17H21ClN2O2. The standard InChI is InChI=1S/C17H21ClN2O2/c1-11-6-7-13(10-14(11)18)20-16(22)17(8-9-17)15(21)19-12-4-2-3-5-12/h6-7,10,12H,2-5,8-9H2,1H3,(H,19,21)(H,20,22). The van der Waals surface area contributed by atoms with Crippen LogP contribution in [0.25, 0.3) is 0 Å². The van der Waals surface area contributed by atoms with Crippen LogP contribution in [0.2, 0.25) is 5.02 Å². The quantitative estimate of drug-likeness (QED) is 0.835. The molecule has 0 atom stereocenters. The van der Waals surface area contributed by atoms with Gasteiger partial charge in [0, 0.05) is 16.8 Å². The van der Waals surface area contributed by atoms with E-state index in [2.05, 4.69) is 10.6 Å². The van der Waals surface area contributed by atoms with E-state index in [4.69, 9.17) is 11.6 Å². The van der Waals surface area contributed by atoms with Gasteiger partial charge in [0.25, 0.3) is 0 Å². The van der Waals surface area contributed by atoms with Crippen LogP contribution in [-0.2, 0) is 9.59 Å². The van der Waals surface area contributed by atoms with Crippen molar-refractivity contribution in [3.63, 3.8) is 0 Å². The number of amides is 2. The molecule has 2 N–H and O–H groups in total. The molecule has 0 saturated heterocycles. The Balaban J connectivity index is 1.65. The molecule has 22 heavy (non-hydrogen) atoms. The van der Waals surface area contributed by atoms with Gasteiger partial charge in [0.05, 0.1) is 0 Å². The number of aryl methyl sites for hydroxylation is 1. The Kier molecular flexibility index (Phi) is 4.13. The average Bonchev–Trinajstić information content (AvgIpc) is 3.16. The van der Waals surface area contributed by atoms with Gasteiger partial charge in [-0.2, -0.15) is 0 Å². The number of benzene rings is 1. The summed E-state index contributed by atoms with van der Waals surface area (Å²) in [5.74, 6) is -0.335. The first-order valence-electron chi connectivity index (χ1n) is 7.90. The van der Waals surface area contributed by atoms with Crippen LogP contribution < -0.4 is 10.6 Å². The number of hydrogen-bond acceptors (Lipinski definition) is 2. The molecule has 2 aliphatic rings. The predicted molar refractivity (Wildman–Crippen MR) is 86.9 cm³/mol. The Morgan fingerprint density at radius 1 is 1.18 bits per heavy atom. The van der Waals surface area contributed by atoms with E-state index >= 15 is 0 Å². The summed E-state index contributed by atoms with van der Waals surface area (Å²) >= 11 is 6.07. The molecule has 0 radical (unpaired) electrons. The first-order valence-corrected chi connectivity index (χ1v) is 8.28. The molecule has 0 unspecified atom stereocenters. The predicted octanol–water partition coefficient (Wildman–Crippen LogP) is 3.43. The minimum absolute atomic E-state index is 0.116. The highest BCUT2D eigenvalue weighted by Gasteiger charge is 2.56. The van der Waals surface area contributed by atoms with Crippen molar-refractivity contribution < 1.29 is 9.59 Å². The Hall–Kier alpha value is -1.55. The highest BCUT2D eigenvalue weighted by Crippen LogP contribution is 2.47. The third kappa shape index (κ3) is 2.98. The lowest BCUT2D eigenvalue weighted by Crippen LogP contribution is -2.43. The second kappa shape index (κ2) is 5.92. The fourth-order valence-electron chi connectivity index (χ4n) is 3.00. The number of rotatable bonds is 4. The van der Waals surface area contributed by atoms with E-state index in [1.165, 1.54) is 0 Å². The van der Waals surface area contributed by atoms with E-state index in [0.29, 0.717) is 23.6 Å². The zero-order valence-electron chi connectivity index (χ0n) is 12.7. The monoisotopic (exact) mass is 320 g/mol. The zero-order valence-corrected chi connectivity index (χ0v) is 13.5. The maximum atomic E-state index is 12.5. The van der Waals surface area contributed by atoms with Crippen molar-refractivity contribution in [2.45, 2.75) is 51.5 Å². The lowest BCUT2D eigenvalue weighted by Gasteiger charge is -2.19. The Bertz CT molecular complexity index is 605. The van der Waals surface area contributed by atoms with Crippen molar-refractivity contribution in [2.24, 2.45) is 5.41 Å². The molecule has 0 aromatic heterocycles. The van der Waals surface area contributed by atoms with Gasteiger partial charge in [-0.15, -0.1) is 0 Å².